The van der Waals surface area contributed by atoms with Crippen molar-refractivity contribution < 1.29 is 4.79 Å². The van der Waals surface area contributed by atoms with Crippen LogP contribution in [0.1, 0.15) is 33.6 Å². The van der Waals surface area contributed by atoms with E-state index in [1.807, 2.05) is 12.1 Å². The van der Waals surface area contributed by atoms with E-state index in [4.69, 9.17) is 5.73 Å². The minimum Gasteiger partial charge on any atom is -0.380 e. The molecule has 4 nitrogen and oxygen atoms in total. The molecule has 4 rings (SSSR count). The average molecular weight is 313 g/mol. The molecule has 3 heterocycles. The first-order valence-corrected chi connectivity index (χ1v) is 8.56. The number of carbonyl (C=O) groups is 1. The van der Waals surface area contributed by atoms with Gasteiger partial charge < -0.3 is 16.4 Å². The molecular weight excluding hydrogens is 294 g/mol. The van der Waals surface area contributed by atoms with Crippen molar-refractivity contribution in [3.8, 4) is 10.4 Å². The number of thiophene rings is 1. The quantitative estimate of drug-likeness (QED) is 0.816. The summed E-state index contributed by atoms with van der Waals surface area (Å²) in [5.41, 5.74) is 10.4. The maximum Gasteiger partial charge on any atom is 0.259 e. The summed E-state index contributed by atoms with van der Waals surface area (Å²) in [6.45, 7) is 1.85. The molecule has 2 aromatic rings. The van der Waals surface area contributed by atoms with E-state index in [0.717, 1.165) is 35.6 Å². The van der Waals surface area contributed by atoms with Crippen LogP contribution in [0, 0.1) is 0 Å². The number of carbonyl (C=O) groups excluding carboxylic acids is 1. The van der Waals surface area contributed by atoms with Gasteiger partial charge in [0, 0.05) is 28.7 Å². The third-order valence-corrected chi connectivity index (χ3v) is 5.90. The van der Waals surface area contributed by atoms with Gasteiger partial charge in [0.2, 0.25) is 0 Å². The number of benzene rings is 1. The van der Waals surface area contributed by atoms with E-state index in [1.165, 1.54) is 28.8 Å². The number of nitrogens with two attached hydrogens (primary N) is 1. The highest BCUT2D eigenvalue weighted by Crippen LogP contribution is 2.44. The van der Waals surface area contributed by atoms with Crippen molar-refractivity contribution in [2.45, 2.75) is 31.8 Å². The predicted molar refractivity (Wildman–Crippen MR) is 90.3 cm³/mol. The highest BCUT2D eigenvalue weighted by Gasteiger charge is 2.28. The van der Waals surface area contributed by atoms with Crippen molar-refractivity contribution in [1.82, 2.24) is 5.32 Å². The second-order valence-electron chi connectivity index (χ2n) is 5.98. The molecule has 2 aliphatic rings. The van der Waals surface area contributed by atoms with Crippen LogP contribution in [0.15, 0.2) is 24.3 Å². The van der Waals surface area contributed by atoms with Gasteiger partial charge in [0.15, 0.2) is 0 Å². The van der Waals surface area contributed by atoms with Crippen LogP contribution in [0.25, 0.3) is 10.4 Å². The number of hydrogen-bond donors (Lipinski definition) is 3. The second-order valence-corrected chi connectivity index (χ2v) is 7.00. The topological polar surface area (TPSA) is 67.2 Å². The third-order valence-electron chi connectivity index (χ3n) is 4.58. The van der Waals surface area contributed by atoms with Gasteiger partial charge in [-0.1, -0.05) is 18.2 Å². The van der Waals surface area contributed by atoms with Crippen molar-refractivity contribution in [1.29, 1.82) is 0 Å². The van der Waals surface area contributed by atoms with Crippen LogP contribution in [0.4, 0.5) is 5.69 Å². The van der Waals surface area contributed by atoms with E-state index in [0.29, 0.717) is 6.04 Å². The molecule has 4 N–H and O–H groups in total. The molecule has 1 unspecified atom stereocenters. The number of fused-ring (bicyclic) bond motifs is 3. The molecule has 2 aliphatic heterocycles. The van der Waals surface area contributed by atoms with E-state index >= 15 is 0 Å². The first-order chi connectivity index (χ1) is 10.7. The zero-order chi connectivity index (χ0) is 15.1. The number of primary amides is 1. The minimum atomic E-state index is -0.301. The van der Waals surface area contributed by atoms with Gasteiger partial charge in [0.1, 0.15) is 0 Å². The standard InChI is InChI=1S/C17H19N3OS/c18-17(21)16-12(8-10-4-3-7-19-10)13-9-20-14-6-2-1-5-11(14)15(13)22-16/h1-2,5-6,10,19-20H,3-4,7-9H2,(H2,18,21). The predicted octanol–water partition coefficient (Wildman–Crippen LogP) is 2.73. The molecule has 0 spiro atoms. The highest BCUT2D eigenvalue weighted by atomic mass is 32.1. The minimum absolute atomic E-state index is 0.301. The first kappa shape index (κ1) is 13.8. The van der Waals surface area contributed by atoms with Crippen molar-refractivity contribution in [2.75, 3.05) is 11.9 Å². The molecule has 0 saturated carbocycles. The molecule has 0 bridgehead atoms. The lowest BCUT2D eigenvalue weighted by Gasteiger charge is -2.20. The van der Waals surface area contributed by atoms with Gasteiger partial charge in [-0.05, 0) is 43.0 Å². The fourth-order valence-electron chi connectivity index (χ4n) is 3.51. The summed E-state index contributed by atoms with van der Waals surface area (Å²) < 4.78 is 0. The number of rotatable bonds is 3. The second kappa shape index (κ2) is 5.41. The molecule has 1 saturated heterocycles. The Morgan fingerprint density at radius 2 is 2.23 bits per heavy atom. The van der Waals surface area contributed by atoms with Gasteiger partial charge in [0.25, 0.3) is 5.91 Å². The monoisotopic (exact) mass is 313 g/mol. The van der Waals surface area contributed by atoms with E-state index in [2.05, 4.69) is 22.8 Å². The van der Waals surface area contributed by atoms with Crippen molar-refractivity contribution in [2.24, 2.45) is 5.73 Å². The van der Waals surface area contributed by atoms with Gasteiger partial charge in [0.05, 0.1) is 4.88 Å². The zero-order valence-corrected chi connectivity index (χ0v) is 13.1. The smallest absolute Gasteiger partial charge is 0.259 e. The SMILES string of the molecule is NC(=O)c1sc2c(c1CC1CCCN1)CNc1ccccc1-2. The summed E-state index contributed by atoms with van der Waals surface area (Å²) in [4.78, 5) is 13.9. The van der Waals surface area contributed by atoms with Crippen LogP contribution in [0.3, 0.4) is 0 Å². The van der Waals surface area contributed by atoms with E-state index < -0.39 is 0 Å². The fourth-order valence-corrected chi connectivity index (χ4v) is 4.76. The Hall–Kier alpha value is -1.85. The summed E-state index contributed by atoms with van der Waals surface area (Å²) in [5.74, 6) is -0.301. The van der Waals surface area contributed by atoms with Crippen LogP contribution in [0.2, 0.25) is 0 Å². The average Bonchev–Trinajstić information content (AvgIpc) is 3.16. The highest BCUT2D eigenvalue weighted by molar-refractivity contribution is 7.17. The van der Waals surface area contributed by atoms with Crippen molar-refractivity contribution in [3.63, 3.8) is 0 Å². The Labute approximate surface area is 133 Å². The maximum absolute atomic E-state index is 11.9. The Kier molecular flexibility index (Phi) is 3.39. The fraction of sp³-hybridized carbons (Fsp3) is 0.353. The summed E-state index contributed by atoms with van der Waals surface area (Å²) in [6, 6.07) is 8.73. The first-order valence-electron chi connectivity index (χ1n) is 7.75. The van der Waals surface area contributed by atoms with Crippen molar-refractivity contribution in [3.05, 3.63) is 40.3 Å². The van der Waals surface area contributed by atoms with Gasteiger partial charge in [-0.2, -0.15) is 0 Å². The largest absolute Gasteiger partial charge is 0.380 e. The molecule has 5 heteroatoms. The molecule has 1 aromatic heterocycles. The Balaban J connectivity index is 1.81. The van der Waals surface area contributed by atoms with E-state index in [1.54, 1.807) is 11.3 Å². The van der Waals surface area contributed by atoms with Gasteiger partial charge in [-0.25, -0.2) is 0 Å². The lowest BCUT2D eigenvalue weighted by molar-refractivity contribution is 0.100. The summed E-state index contributed by atoms with van der Waals surface area (Å²) in [7, 11) is 0. The van der Waals surface area contributed by atoms with Crippen LogP contribution >= 0.6 is 11.3 Å². The van der Waals surface area contributed by atoms with E-state index in [9.17, 15) is 4.79 Å². The summed E-state index contributed by atoms with van der Waals surface area (Å²) in [5, 5.41) is 6.99. The summed E-state index contributed by atoms with van der Waals surface area (Å²) in [6.07, 6.45) is 3.28. The molecule has 1 amide bonds. The molecule has 1 fully saturated rings. The lowest BCUT2D eigenvalue weighted by Crippen LogP contribution is -2.25. The Bertz CT molecular complexity index is 732. The van der Waals surface area contributed by atoms with Gasteiger partial charge >= 0.3 is 0 Å². The van der Waals surface area contributed by atoms with Crippen LogP contribution < -0.4 is 16.4 Å². The number of nitrogens with one attached hydrogen (secondary N) is 2. The number of para-hydroxylation sites is 1. The third kappa shape index (κ3) is 2.21. The van der Waals surface area contributed by atoms with Crippen LogP contribution in [-0.4, -0.2) is 18.5 Å². The molecule has 1 atom stereocenters. The summed E-state index contributed by atoms with van der Waals surface area (Å²) >= 11 is 1.55. The molecular formula is C17H19N3OS. The number of amides is 1. The molecule has 22 heavy (non-hydrogen) atoms. The Morgan fingerprint density at radius 3 is 3.00 bits per heavy atom. The molecule has 1 aromatic carbocycles. The van der Waals surface area contributed by atoms with Gasteiger partial charge in [-0.15, -0.1) is 11.3 Å². The van der Waals surface area contributed by atoms with Gasteiger partial charge in [-0.3, -0.25) is 4.79 Å². The number of hydrogen-bond acceptors (Lipinski definition) is 4. The van der Waals surface area contributed by atoms with Crippen molar-refractivity contribution >= 4 is 22.9 Å². The zero-order valence-electron chi connectivity index (χ0n) is 12.3. The molecule has 0 radical (unpaired) electrons. The lowest BCUT2D eigenvalue weighted by atomic mass is 9.95. The Morgan fingerprint density at radius 1 is 1.36 bits per heavy atom. The van der Waals surface area contributed by atoms with Crippen LogP contribution in [0.5, 0.6) is 0 Å². The van der Waals surface area contributed by atoms with Crippen LogP contribution in [-0.2, 0) is 13.0 Å². The number of anilines is 1. The molecule has 0 aliphatic carbocycles. The molecule has 114 valence electrons. The normalized spacial score (nSPS) is 19.4. The maximum atomic E-state index is 11.9. The van der Waals surface area contributed by atoms with E-state index in [-0.39, 0.29) is 5.91 Å².